The molecule has 0 amide bonds. The standard InChI is InChI=1S/C15H14N2O3/c1-8-14-11(4-9(7-18)16-8)12-5-10(19-2)6-13(20-3)15(12)17-14/h4-7,17H,1-3H3. The highest BCUT2D eigenvalue weighted by atomic mass is 16.5. The zero-order valence-electron chi connectivity index (χ0n) is 11.5. The smallest absolute Gasteiger partial charge is 0.168 e. The minimum atomic E-state index is 0.415. The van der Waals surface area contributed by atoms with E-state index in [1.807, 2.05) is 19.1 Å². The average Bonchev–Trinajstić information content (AvgIpc) is 2.85. The first-order valence-electron chi connectivity index (χ1n) is 6.18. The van der Waals surface area contributed by atoms with E-state index in [4.69, 9.17) is 9.47 Å². The average molecular weight is 270 g/mol. The third-order valence-corrected chi connectivity index (χ3v) is 3.41. The number of nitrogens with zero attached hydrogens (tertiary/aromatic N) is 1. The maximum atomic E-state index is 11.0. The van der Waals surface area contributed by atoms with Gasteiger partial charge in [-0.15, -0.1) is 0 Å². The Kier molecular flexibility index (Phi) is 2.82. The molecule has 0 aliphatic heterocycles. The lowest BCUT2D eigenvalue weighted by molar-refractivity contribution is 0.111. The van der Waals surface area contributed by atoms with Gasteiger partial charge in [-0.3, -0.25) is 4.79 Å². The summed E-state index contributed by atoms with van der Waals surface area (Å²) in [6, 6.07) is 5.51. The Morgan fingerprint density at radius 1 is 1.10 bits per heavy atom. The molecule has 0 radical (unpaired) electrons. The van der Waals surface area contributed by atoms with Gasteiger partial charge in [0.15, 0.2) is 6.29 Å². The molecule has 1 aromatic carbocycles. The molecule has 0 bridgehead atoms. The Morgan fingerprint density at radius 2 is 1.85 bits per heavy atom. The first kappa shape index (κ1) is 12.5. The van der Waals surface area contributed by atoms with E-state index in [2.05, 4.69) is 9.97 Å². The lowest BCUT2D eigenvalue weighted by Gasteiger charge is -2.05. The summed E-state index contributed by atoms with van der Waals surface area (Å²) in [5.41, 5.74) is 2.97. The Hall–Kier alpha value is -2.56. The third kappa shape index (κ3) is 1.71. The predicted octanol–water partition coefficient (Wildman–Crippen LogP) is 2.85. The molecule has 3 aromatic rings. The van der Waals surface area contributed by atoms with Crippen LogP contribution in [0.15, 0.2) is 18.2 Å². The molecule has 5 heteroatoms. The van der Waals surface area contributed by atoms with E-state index in [1.165, 1.54) is 0 Å². The lowest BCUT2D eigenvalue weighted by Crippen LogP contribution is -1.90. The van der Waals surface area contributed by atoms with Crippen LogP contribution in [0.4, 0.5) is 0 Å². The molecule has 0 atom stereocenters. The van der Waals surface area contributed by atoms with Crippen LogP contribution >= 0.6 is 0 Å². The fourth-order valence-corrected chi connectivity index (χ4v) is 2.46. The van der Waals surface area contributed by atoms with Crippen LogP contribution in [0, 0.1) is 6.92 Å². The van der Waals surface area contributed by atoms with Crippen molar-refractivity contribution in [3.05, 3.63) is 29.6 Å². The van der Waals surface area contributed by atoms with E-state index >= 15 is 0 Å². The SMILES string of the molecule is COc1cc(OC)c2[nH]c3c(C)nc(C=O)cc3c2c1. The Bertz CT molecular complexity index is 821. The zero-order valence-corrected chi connectivity index (χ0v) is 11.5. The minimum Gasteiger partial charge on any atom is -0.497 e. The van der Waals surface area contributed by atoms with Gasteiger partial charge in [0.1, 0.15) is 17.2 Å². The van der Waals surface area contributed by atoms with Crippen LogP contribution in [0.5, 0.6) is 11.5 Å². The molecule has 0 spiro atoms. The van der Waals surface area contributed by atoms with Crippen LogP contribution in [-0.2, 0) is 0 Å². The number of methoxy groups -OCH3 is 2. The number of nitrogens with one attached hydrogen (secondary N) is 1. The Balaban J connectivity index is 2.49. The number of H-pyrrole nitrogens is 1. The fourth-order valence-electron chi connectivity index (χ4n) is 2.46. The van der Waals surface area contributed by atoms with E-state index < -0.39 is 0 Å². The highest BCUT2D eigenvalue weighted by Gasteiger charge is 2.14. The maximum absolute atomic E-state index is 11.0. The van der Waals surface area contributed by atoms with Gasteiger partial charge in [-0.25, -0.2) is 4.98 Å². The molecule has 102 valence electrons. The number of pyridine rings is 1. The van der Waals surface area contributed by atoms with Crippen LogP contribution in [0.25, 0.3) is 21.8 Å². The number of aldehydes is 1. The van der Waals surface area contributed by atoms with E-state index in [9.17, 15) is 4.79 Å². The molecule has 2 aromatic heterocycles. The number of aryl methyl sites for hydroxylation is 1. The molecular formula is C15H14N2O3. The van der Waals surface area contributed by atoms with E-state index in [-0.39, 0.29) is 0 Å². The van der Waals surface area contributed by atoms with Crippen molar-refractivity contribution in [3.63, 3.8) is 0 Å². The topological polar surface area (TPSA) is 64.2 Å². The number of aromatic nitrogens is 2. The van der Waals surface area contributed by atoms with Crippen molar-refractivity contribution in [2.45, 2.75) is 6.92 Å². The summed E-state index contributed by atoms with van der Waals surface area (Å²) in [5.74, 6) is 1.40. The molecule has 0 aliphatic rings. The van der Waals surface area contributed by atoms with E-state index in [1.54, 1.807) is 20.3 Å². The van der Waals surface area contributed by atoms with Gasteiger partial charge >= 0.3 is 0 Å². The number of ether oxygens (including phenoxy) is 2. The van der Waals surface area contributed by atoms with Crippen molar-refractivity contribution in [2.24, 2.45) is 0 Å². The number of fused-ring (bicyclic) bond motifs is 3. The molecule has 0 fully saturated rings. The van der Waals surface area contributed by atoms with Gasteiger partial charge in [0.05, 0.1) is 30.9 Å². The summed E-state index contributed by atoms with van der Waals surface area (Å²) in [6.45, 7) is 1.87. The van der Waals surface area contributed by atoms with Crippen LogP contribution in [0.3, 0.4) is 0 Å². The number of carbonyl (C=O) groups excluding carboxylic acids is 1. The lowest BCUT2D eigenvalue weighted by atomic mass is 10.1. The Morgan fingerprint density at radius 3 is 2.50 bits per heavy atom. The van der Waals surface area contributed by atoms with Crippen LogP contribution in [0.2, 0.25) is 0 Å². The third-order valence-electron chi connectivity index (χ3n) is 3.41. The summed E-state index contributed by atoms with van der Waals surface area (Å²) in [5, 5.41) is 1.89. The van der Waals surface area contributed by atoms with Gasteiger partial charge in [0, 0.05) is 16.8 Å². The minimum absolute atomic E-state index is 0.415. The van der Waals surface area contributed by atoms with Crippen molar-refractivity contribution in [1.29, 1.82) is 0 Å². The van der Waals surface area contributed by atoms with E-state index in [0.717, 1.165) is 33.8 Å². The summed E-state index contributed by atoms with van der Waals surface area (Å²) in [4.78, 5) is 18.5. The van der Waals surface area contributed by atoms with Crippen LogP contribution in [0.1, 0.15) is 16.2 Å². The van der Waals surface area contributed by atoms with Crippen molar-refractivity contribution in [3.8, 4) is 11.5 Å². The highest BCUT2D eigenvalue weighted by molar-refractivity contribution is 6.11. The van der Waals surface area contributed by atoms with Crippen LogP contribution < -0.4 is 9.47 Å². The highest BCUT2D eigenvalue weighted by Crippen LogP contribution is 2.36. The van der Waals surface area contributed by atoms with E-state index in [0.29, 0.717) is 17.2 Å². The second-order valence-electron chi connectivity index (χ2n) is 4.55. The summed E-state index contributed by atoms with van der Waals surface area (Å²) < 4.78 is 10.7. The largest absolute Gasteiger partial charge is 0.497 e. The second kappa shape index (κ2) is 4.52. The fraction of sp³-hybridized carbons (Fsp3) is 0.200. The number of carbonyl (C=O) groups is 1. The normalized spacial score (nSPS) is 10.9. The first-order valence-corrected chi connectivity index (χ1v) is 6.18. The summed E-state index contributed by atoms with van der Waals surface area (Å²) in [6.07, 6.45) is 0.753. The molecule has 0 saturated carbocycles. The quantitative estimate of drug-likeness (QED) is 0.743. The first-order chi connectivity index (χ1) is 9.67. The maximum Gasteiger partial charge on any atom is 0.168 e. The zero-order chi connectivity index (χ0) is 14.3. The monoisotopic (exact) mass is 270 g/mol. The number of rotatable bonds is 3. The van der Waals surface area contributed by atoms with Crippen molar-refractivity contribution >= 4 is 28.1 Å². The molecule has 2 heterocycles. The van der Waals surface area contributed by atoms with Gasteiger partial charge < -0.3 is 14.5 Å². The summed E-state index contributed by atoms with van der Waals surface area (Å²) in [7, 11) is 3.22. The number of hydrogen-bond donors (Lipinski definition) is 1. The van der Waals surface area contributed by atoms with Gasteiger partial charge in [-0.05, 0) is 19.1 Å². The number of benzene rings is 1. The Labute approximate surface area is 115 Å². The summed E-state index contributed by atoms with van der Waals surface area (Å²) >= 11 is 0. The van der Waals surface area contributed by atoms with Gasteiger partial charge in [0.25, 0.3) is 0 Å². The second-order valence-corrected chi connectivity index (χ2v) is 4.55. The molecule has 1 N–H and O–H groups in total. The molecular weight excluding hydrogens is 256 g/mol. The predicted molar refractivity (Wildman–Crippen MR) is 76.8 cm³/mol. The molecule has 0 saturated heterocycles. The van der Waals surface area contributed by atoms with Crippen molar-refractivity contribution in [1.82, 2.24) is 9.97 Å². The molecule has 0 unspecified atom stereocenters. The van der Waals surface area contributed by atoms with Gasteiger partial charge in [-0.2, -0.15) is 0 Å². The molecule has 0 aliphatic carbocycles. The molecule has 5 nitrogen and oxygen atoms in total. The number of aromatic amines is 1. The van der Waals surface area contributed by atoms with Crippen LogP contribution in [-0.4, -0.2) is 30.5 Å². The van der Waals surface area contributed by atoms with Gasteiger partial charge in [-0.1, -0.05) is 0 Å². The van der Waals surface area contributed by atoms with Crippen molar-refractivity contribution < 1.29 is 14.3 Å². The molecule has 20 heavy (non-hydrogen) atoms. The molecule has 3 rings (SSSR count). The number of hydrogen-bond acceptors (Lipinski definition) is 4. The van der Waals surface area contributed by atoms with Crippen molar-refractivity contribution in [2.75, 3.05) is 14.2 Å². The van der Waals surface area contributed by atoms with Gasteiger partial charge in [0.2, 0.25) is 0 Å².